The maximum atomic E-state index is 4.69. The minimum atomic E-state index is 0.898. The number of aromatic nitrogens is 2. The van der Waals surface area contributed by atoms with Crippen LogP contribution < -0.4 is 0 Å². The van der Waals surface area contributed by atoms with Crippen molar-refractivity contribution in [2.75, 3.05) is 0 Å². The van der Waals surface area contributed by atoms with Crippen LogP contribution in [0.2, 0.25) is 0 Å². The number of benzene rings is 2. The molecular weight excluding hydrogens is 304 g/mol. The Morgan fingerprint density at radius 3 is 2.40 bits per heavy atom. The summed E-state index contributed by atoms with van der Waals surface area (Å²) in [5, 5.41) is 1.17. The van der Waals surface area contributed by atoms with Gasteiger partial charge in [0.1, 0.15) is 5.82 Å². The number of nitrogens with zero attached hydrogens (tertiary/aromatic N) is 2. The first-order valence-electron chi connectivity index (χ1n) is 8.34. The fourth-order valence-corrected chi connectivity index (χ4v) is 2.92. The van der Waals surface area contributed by atoms with E-state index in [2.05, 4.69) is 70.8 Å². The highest BCUT2D eigenvalue weighted by molar-refractivity contribution is 5.84. The summed E-state index contributed by atoms with van der Waals surface area (Å²) >= 11 is 0. The number of hydrogen-bond donors (Lipinski definition) is 0. The fraction of sp³-hybridized carbons (Fsp3) is 0.0870. The Hall–Kier alpha value is -3.31. The summed E-state index contributed by atoms with van der Waals surface area (Å²) in [6.07, 6.45) is 0. The van der Waals surface area contributed by atoms with Crippen LogP contribution in [0.15, 0.2) is 72.8 Å². The van der Waals surface area contributed by atoms with Crippen molar-refractivity contribution >= 4 is 10.9 Å². The second kappa shape index (κ2) is 6.30. The molecule has 4 rings (SSSR count). The van der Waals surface area contributed by atoms with Gasteiger partial charge in [-0.1, -0.05) is 47.9 Å². The molecule has 0 radical (unpaired) electrons. The van der Waals surface area contributed by atoms with E-state index in [1.807, 2.05) is 37.3 Å². The molecule has 0 amide bonds. The smallest absolute Gasteiger partial charge is 0.138 e. The summed E-state index contributed by atoms with van der Waals surface area (Å²) < 4.78 is 2.13. The molecule has 2 nitrogen and oxygen atoms in total. The Kier molecular flexibility index (Phi) is 3.84. The Labute approximate surface area is 147 Å². The van der Waals surface area contributed by atoms with Gasteiger partial charge in [-0.25, -0.2) is 4.98 Å². The first kappa shape index (κ1) is 15.2. The molecule has 0 atom stereocenters. The van der Waals surface area contributed by atoms with Gasteiger partial charge in [-0.15, -0.1) is 0 Å². The van der Waals surface area contributed by atoms with Gasteiger partial charge in [0.25, 0.3) is 0 Å². The van der Waals surface area contributed by atoms with Crippen molar-refractivity contribution in [3.63, 3.8) is 0 Å². The molecule has 0 N–H and O–H groups in total. The molecule has 2 heteroatoms. The Morgan fingerprint density at radius 1 is 0.800 bits per heavy atom. The lowest BCUT2D eigenvalue weighted by Crippen LogP contribution is -2.00. The van der Waals surface area contributed by atoms with E-state index < -0.39 is 0 Å². The van der Waals surface area contributed by atoms with Crippen LogP contribution >= 0.6 is 0 Å². The van der Waals surface area contributed by atoms with Crippen molar-refractivity contribution < 1.29 is 0 Å². The quantitative estimate of drug-likeness (QED) is 0.449. The first-order valence-corrected chi connectivity index (χ1v) is 8.34. The number of aryl methyl sites for hydroxylation is 2. The van der Waals surface area contributed by atoms with Crippen LogP contribution in [-0.2, 0) is 0 Å². The van der Waals surface area contributed by atoms with Crippen LogP contribution in [0.5, 0.6) is 0 Å². The third kappa shape index (κ3) is 3.05. The maximum absolute atomic E-state index is 4.69. The SMILES string of the molecule is Cc1ccc(C#Cc2cc3ccccc3n2-c2cccc(C)n2)cc1. The highest BCUT2D eigenvalue weighted by Gasteiger charge is 2.09. The Morgan fingerprint density at radius 2 is 1.60 bits per heavy atom. The molecule has 120 valence electrons. The molecule has 0 saturated heterocycles. The summed E-state index contributed by atoms with van der Waals surface area (Å²) in [6.45, 7) is 4.09. The van der Waals surface area contributed by atoms with Crippen molar-refractivity contribution in [3.8, 4) is 17.7 Å². The zero-order valence-corrected chi connectivity index (χ0v) is 14.3. The van der Waals surface area contributed by atoms with Crippen LogP contribution in [-0.4, -0.2) is 9.55 Å². The molecule has 0 aliphatic rings. The summed E-state index contributed by atoms with van der Waals surface area (Å²) in [5.41, 5.74) is 5.31. The van der Waals surface area contributed by atoms with E-state index in [1.165, 1.54) is 10.9 Å². The van der Waals surface area contributed by atoms with Crippen molar-refractivity contribution in [3.05, 3.63) is 95.3 Å². The van der Waals surface area contributed by atoms with E-state index in [-0.39, 0.29) is 0 Å². The molecule has 0 unspecified atom stereocenters. The average molecular weight is 322 g/mol. The van der Waals surface area contributed by atoms with E-state index in [9.17, 15) is 0 Å². The van der Waals surface area contributed by atoms with Gasteiger partial charge < -0.3 is 0 Å². The van der Waals surface area contributed by atoms with Gasteiger partial charge in [0.05, 0.1) is 11.2 Å². The fourth-order valence-electron chi connectivity index (χ4n) is 2.92. The van der Waals surface area contributed by atoms with Crippen molar-refractivity contribution in [1.82, 2.24) is 9.55 Å². The molecule has 0 aliphatic carbocycles. The van der Waals surface area contributed by atoms with Gasteiger partial charge in [-0.2, -0.15) is 0 Å². The van der Waals surface area contributed by atoms with E-state index in [0.717, 1.165) is 28.3 Å². The maximum Gasteiger partial charge on any atom is 0.138 e. The van der Waals surface area contributed by atoms with Crippen molar-refractivity contribution in [2.45, 2.75) is 13.8 Å². The van der Waals surface area contributed by atoms with Crippen LogP contribution in [0, 0.1) is 25.7 Å². The number of rotatable bonds is 1. The highest BCUT2D eigenvalue weighted by atomic mass is 15.1. The molecule has 0 saturated carbocycles. The molecule has 4 aromatic rings. The summed E-state index contributed by atoms with van der Waals surface area (Å²) in [7, 11) is 0. The zero-order valence-electron chi connectivity index (χ0n) is 14.3. The van der Waals surface area contributed by atoms with E-state index >= 15 is 0 Å². The summed E-state index contributed by atoms with van der Waals surface area (Å²) in [6, 6.07) is 24.8. The third-order valence-electron chi connectivity index (χ3n) is 4.20. The third-order valence-corrected chi connectivity index (χ3v) is 4.20. The molecule has 2 aromatic carbocycles. The topological polar surface area (TPSA) is 17.8 Å². The van der Waals surface area contributed by atoms with Gasteiger partial charge in [-0.05, 0) is 56.2 Å². The molecule has 0 fully saturated rings. The predicted octanol–water partition coefficient (Wildman–Crippen LogP) is 5.04. The van der Waals surface area contributed by atoms with E-state index in [4.69, 9.17) is 0 Å². The van der Waals surface area contributed by atoms with Gasteiger partial charge >= 0.3 is 0 Å². The summed E-state index contributed by atoms with van der Waals surface area (Å²) in [4.78, 5) is 4.69. The van der Waals surface area contributed by atoms with Crippen LogP contribution in [0.3, 0.4) is 0 Å². The van der Waals surface area contributed by atoms with Gasteiger partial charge in [0, 0.05) is 16.6 Å². The second-order valence-electron chi connectivity index (χ2n) is 6.18. The van der Waals surface area contributed by atoms with Crippen molar-refractivity contribution in [1.29, 1.82) is 0 Å². The molecule has 2 aromatic heterocycles. The molecule has 25 heavy (non-hydrogen) atoms. The van der Waals surface area contributed by atoms with Gasteiger partial charge in [0.15, 0.2) is 0 Å². The summed E-state index contributed by atoms with van der Waals surface area (Å²) in [5.74, 6) is 7.50. The van der Waals surface area contributed by atoms with Crippen LogP contribution in [0.1, 0.15) is 22.5 Å². The zero-order chi connectivity index (χ0) is 17.2. The Bertz CT molecular complexity index is 1110. The van der Waals surface area contributed by atoms with E-state index in [0.29, 0.717) is 0 Å². The highest BCUT2D eigenvalue weighted by Crippen LogP contribution is 2.23. The molecule has 0 spiro atoms. The number of hydrogen-bond acceptors (Lipinski definition) is 1. The lowest BCUT2D eigenvalue weighted by Gasteiger charge is -2.07. The number of para-hydroxylation sites is 1. The van der Waals surface area contributed by atoms with Gasteiger partial charge in [-0.3, -0.25) is 4.57 Å². The normalized spacial score (nSPS) is 10.5. The molecule has 0 aliphatic heterocycles. The monoisotopic (exact) mass is 322 g/mol. The van der Waals surface area contributed by atoms with Crippen molar-refractivity contribution in [2.24, 2.45) is 0 Å². The molecule has 2 heterocycles. The largest absolute Gasteiger partial charge is 0.287 e. The van der Waals surface area contributed by atoms with Gasteiger partial charge in [0.2, 0.25) is 0 Å². The lowest BCUT2D eigenvalue weighted by atomic mass is 10.1. The number of pyridine rings is 1. The molecular formula is C23H18N2. The first-order chi connectivity index (χ1) is 12.2. The lowest BCUT2D eigenvalue weighted by molar-refractivity contribution is 1.00. The van der Waals surface area contributed by atoms with E-state index in [1.54, 1.807) is 0 Å². The van der Waals surface area contributed by atoms with Crippen LogP contribution in [0.25, 0.3) is 16.7 Å². The van der Waals surface area contributed by atoms with Crippen LogP contribution in [0.4, 0.5) is 0 Å². The molecule has 0 bridgehead atoms. The predicted molar refractivity (Wildman–Crippen MR) is 103 cm³/mol. The Balaban J connectivity index is 1.89. The average Bonchev–Trinajstić information content (AvgIpc) is 2.99. The standard InChI is InChI=1S/C23H18N2/c1-17-10-12-19(13-11-17)14-15-21-16-20-7-3-4-8-22(20)25(21)23-9-5-6-18(2)24-23/h3-13,16H,1-2H3. The second-order valence-corrected chi connectivity index (χ2v) is 6.18. The minimum absolute atomic E-state index is 0.898. The number of fused-ring (bicyclic) bond motifs is 1. The minimum Gasteiger partial charge on any atom is -0.287 e.